The molecule has 4 N–H and O–H groups in total. The summed E-state index contributed by atoms with van der Waals surface area (Å²) in [6.07, 6.45) is 1.62. The van der Waals surface area contributed by atoms with E-state index in [4.69, 9.17) is 5.11 Å². The third-order valence-corrected chi connectivity index (χ3v) is 5.50. The van der Waals surface area contributed by atoms with E-state index in [1.807, 2.05) is 35.7 Å². The number of phenols is 1. The fourth-order valence-corrected chi connectivity index (χ4v) is 4.06. The lowest BCUT2D eigenvalue weighted by molar-refractivity contribution is -0.115. The van der Waals surface area contributed by atoms with Gasteiger partial charge in [-0.1, -0.05) is 30.3 Å². The van der Waals surface area contributed by atoms with Gasteiger partial charge in [0.15, 0.2) is 0 Å². The summed E-state index contributed by atoms with van der Waals surface area (Å²) >= 11 is 1.53. The lowest BCUT2D eigenvalue weighted by Crippen LogP contribution is -2.17. The van der Waals surface area contributed by atoms with Gasteiger partial charge in [-0.2, -0.15) is 0 Å². The van der Waals surface area contributed by atoms with Crippen LogP contribution in [0.25, 0.3) is 21.3 Å². The Bertz CT molecular complexity index is 1260. The Morgan fingerprint density at radius 1 is 1.06 bits per heavy atom. The van der Waals surface area contributed by atoms with Crippen LogP contribution in [0, 0.1) is 0 Å². The highest BCUT2D eigenvalue weighted by Gasteiger charge is 2.14. The number of nitrogens with one attached hydrogen (secondary N) is 2. The van der Waals surface area contributed by atoms with E-state index in [1.165, 1.54) is 35.9 Å². The number of aromatic carboxylic acids is 1. The number of carboxylic acids is 1. The summed E-state index contributed by atoms with van der Waals surface area (Å²) in [6, 6.07) is 13.8. The van der Waals surface area contributed by atoms with Crippen molar-refractivity contribution >= 4 is 44.9 Å². The minimum absolute atomic E-state index is 0.138. The summed E-state index contributed by atoms with van der Waals surface area (Å²) in [5, 5.41) is 27.4. The van der Waals surface area contributed by atoms with E-state index in [-0.39, 0.29) is 23.6 Å². The molecule has 0 atom stereocenters. The SMILES string of the molecule is O=C(CCNc1ncnc2scc(-c3ccccc3)c12)Nc1ccc(O)c(C(=O)O)c1. The van der Waals surface area contributed by atoms with Crippen molar-refractivity contribution in [2.45, 2.75) is 6.42 Å². The number of carbonyl (C=O) groups is 2. The molecule has 0 aliphatic carbocycles. The molecule has 0 saturated heterocycles. The van der Waals surface area contributed by atoms with Gasteiger partial charge in [-0.15, -0.1) is 11.3 Å². The van der Waals surface area contributed by atoms with E-state index in [2.05, 4.69) is 20.6 Å². The number of thiophene rings is 1. The first-order valence-electron chi connectivity index (χ1n) is 9.40. The minimum Gasteiger partial charge on any atom is -0.507 e. The fraction of sp³-hybridized carbons (Fsp3) is 0.0909. The third-order valence-electron chi connectivity index (χ3n) is 4.61. The lowest BCUT2D eigenvalue weighted by atomic mass is 10.1. The van der Waals surface area contributed by atoms with Crippen LogP contribution in [0.1, 0.15) is 16.8 Å². The number of nitrogens with zero attached hydrogens (tertiary/aromatic N) is 2. The van der Waals surface area contributed by atoms with Crippen LogP contribution in [0.5, 0.6) is 5.75 Å². The average molecular weight is 434 g/mol. The number of hydrogen-bond donors (Lipinski definition) is 4. The standard InChI is InChI=1S/C22H18N4O4S/c27-17-7-6-14(10-15(17)22(29)30)26-18(28)8-9-23-20-19-16(13-4-2-1-3-5-13)11-31-21(19)25-12-24-20/h1-7,10-12,27H,8-9H2,(H,26,28)(H,29,30)(H,23,24,25). The van der Waals surface area contributed by atoms with Crippen molar-refractivity contribution in [3.8, 4) is 16.9 Å². The summed E-state index contributed by atoms with van der Waals surface area (Å²) < 4.78 is 0. The van der Waals surface area contributed by atoms with Gasteiger partial charge in [0.2, 0.25) is 5.91 Å². The molecule has 0 aliphatic heterocycles. The van der Waals surface area contributed by atoms with Crippen molar-refractivity contribution < 1.29 is 19.8 Å². The summed E-state index contributed by atoms with van der Waals surface area (Å²) in [5.74, 6) is -1.28. The second-order valence-corrected chi connectivity index (χ2v) is 7.54. The van der Waals surface area contributed by atoms with Crippen molar-refractivity contribution in [3.05, 3.63) is 65.8 Å². The van der Waals surface area contributed by atoms with Crippen molar-refractivity contribution in [2.75, 3.05) is 17.2 Å². The van der Waals surface area contributed by atoms with Crippen LogP contribution in [0.15, 0.2) is 60.2 Å². The van der Waals surface area contributed by atoms with Crippen molar-refractivity contribution in [2.24, 2.45) is 0 Å². The first-order valence-corrected chi connectivity index (χ1v) is 10.3. The van der Waals surface area contributed by atoms with Crippen LogP contribution in [-0.4, -0.2) is 38.6 Å². The molecule has 1 amide bonds. The third kappa shape index (κ3) is 4.46. The Kier molecular flexibility index (Phi) is 5.76. The smallest absolute Gasteiger partial charge is 0.339 e. The molecule has 156 valence electrons. The highest BCUT2D eigenvalue weighted by Crippen LogP contribution is 2.36. The molecule has 0 unspecified atom stereocenters. The van der Waals surface area contributed by atoms with Gasteiger partial charge in [0.1, 0.15) is 28.3 Å². The summed E-state index contributed by atoms with van der Waals surface area (Å²) in [4.78, 5) is 32.9. The monoisotopic (exact) mass is 434 g/mol. The molecule has 4 aromatic rings. The average Bonchev–Trinajstić information content (AvgIpc) is 3.21. The number of fused-ring (bicyclic) bond motifs is 1. The highest BCUT2D eigenvalue weighted by molar-refractivity contribution is 7.17. The van der Waals surface area contributed by atoms with Crippen LogP contribution in [-0.2, 0) is 4.79 Å². The molecule has 0 fully saturated rings. The van der Waals surface area contributed by atoms with Gasteiger partial charge >= 0.3 is 5.97 Å². The largest absolute Gasteiger partial charge is 0.507 e. The fourth-order valence-electron chi connectivity index (χ4n) is 3.14. The van der Waals surface area contributed by atoms with Gasteiger partial charge in [0, 0.05) is 29.6 Å². The van der Waals surface area contributed by atoms with E-state index < -0.39 is 5.97 Å². The molecule has 2 heterocycles. The van der Waals surface area contributed by atoms with Crippen molar-refractivity contribution in [3.63, 3.8) is 0 Å². The normalized spacial score (nSPS) is 10.7. The van der Waals surface area contributed by atoms with Gasteiger partial charge in [0.25, 0.3) is 0 Å². The van der Waals surface area contributed by atoms with E-state index in [9.17, 15) is 14.7 Å². The quantitative estimate of drug-likeness (QED) is 0.321. The van der Waals surface area contributed by atoms with Crippen LogP contribution in [0.4, 0.5) is 11.5 Å². The summed E-state index contributed by atoms with van der Waals surface area (Å²) in [5.41, 5.74) is 2.11. The predicted octanol–water partition coefficient (Wildman–Crippen LogP) is 4.20. The van der Waals surface area contributed by atoms with E-state index >= 15 is 0 Å². The molecule has 8 nitrogen and oxygen atoms in total. The molecule has 2 aromatic carbocycles. The molecule has 0 spiro atoms. The molecule has 2 aromatic heterocycles. The number of carboxylic acid groups (broad SMARTS) is 1. The number of aromatic hydroxyl groups is 1. The zero-order valence-electron chi connectivity index (χ0n) is 16.2. The molecular weight excluding hydrogens is 416 g/mol. The van der Waals surface area contributed by atoms with Gasteiger partial charge in [-0.25, -0.2) is 14.8 Å². The number of benzene rings is 2. The molecule has 0 saturated carbocycles. The van der Waals surface area contributed by atoms with Crippen molar-refractivity contribution in [1.29, 1.82) is 0 Å². The lowest BCUT2D eigenvalue weighted by Gasteiger charge is -2.10. The number of aromatic nitrogens is 2. The Balaban J connectivity index is 1.44. The molecule has 31 heavy (non-hydrogen) atoms. The Morgan fingerprint density at radius 2 is 1.87 bits per heavy atom. The van der Waals surface area contributed by atoms with Crippen LogP contribution in [0.2, 0.25) is 0 Å². The van der Waals surface area contributed by atoms with Crippen molar-refractivity contribution in [1.82, 2.24) is 9.97 Å². The maximum atomic E-state index is 12.3. The van der Waals surface area contributed by atoms with E-state index in [0.29, 0.717) is 18.1 Å². The maximum absolute atomic E-state index is 12.3. The van der Waals surface area contributed by atoms with Crippen LogP contribution in [0.3, 0.4) is 0 Å². The summed E-state index contributed by atoms with van der Waals surface area (Å²) in [6.45, 7) is 0.325. The second kappa shape index (κ2) is 8.80. The molecular formula is C22H18N4O4S. The number of anilines is 2. The second-order valence-electron chi connectivity index (χ2n) is 6.68. The Hall–Kier alpha value is -3.98. The highest BCUT2D eigenvalue weighted by atomic mass is 32.1. The van der Waals surface area contributed by atoms with E-state index in [0.717, 1.165) is 21.3 Å². The Morgan fingerprint density at radius 3 is 2.65 bits per heavy atom. The minimum atomic E-state index is -1.27. The topological polar surface area (TPSA) is 124 Å². The van der Waals surface area contributed by atoms with Gasteiger partial charge in [0.05, 0.1) is 5.39 Å². The zero-order valence-corrected chi connectivity index (χ0v) is 17.0. The number of carbonyl (C=O) groups excluding carboxylic acids is 1. The molecule has 0 radical (unpaired) electrons. The van der Waals surface area contributed by atoms with E-state index in [1.54, 1.807) is 0 Å². The number of rotatable bonds is 7. The first kappa shape index (κ1) is 20.3. The maximum Gasteiger partial charge on any atom is 0.339 e. The summed E-state index contributed by atoms with van der Waals surface area (Å²) in [7, 11) is 0. The first-order chi connectivity index (χ1) is 15.0. The van der Waals surface area contributed by atoms with Gasteiger partial charge in [-0.3, -0.25) is 4.79 Å². The Labute approximate surface area is 181 Å². The predicted molar refractivity (Wildman–Crippen MR) is 120 cm³/mol. The van der Waals surface area contributed by atoms with Gasteiger partial charge < -0.3 is 20.8 Å². The molecule has 9 heteroatoms. The van der Waals surface area contributed by atoms with Gasteiger partial charge in [-0.05, 0) is 23.8 Å². The van der Waals surface area contributed by atoms with Crippen LogP contribution >= 0.6 is 11.3 Å². The number of amides is 1. The molecule has 0 aliphatic rings. The van der Waals surface area contributed by atoms with Crippen LogP contribution < -0.4 is 10.6 Å². The number of hydrogen-bond acceptors (Lipinski definition) is 7. The zero-order chi connectivity index (χ0) is 21.8. The molecule has 4 rings (SSSR count). The molecule has 0 bridgehead atoms.